The molecule has 2 aromatic heterocycles. The second-order valence-electron chi connectivity index (χ2n) is 11.2. The van der Waals surface area contributed by atoms with E-state index < -0.39 is 0 Å². The number of H-pyrrole nitrogens is 1. The number of rotatable bonds is 6. The van der Waals surface area contributed by atoms with E-state index >= 15 is 0 Å². The van der Waals surface area contributed by atoms with Gasteiger partial charge >= 0.3 is 0 Å². The summed E-state index contributed by atoms with van der Waals surface area (Å²) < 4.78 is 11.6. The highest BCUT2D eigenvalue weighted by molar-refractivity contribution is 5.97. The monoisotopic (exact) mass is 516 g/mol. The Morgan fingerprint density at radius 2 is 1.66 bits per heavy atom. The van der Waals surface area contributed by atoms with Crippen molar-refractivity contribution in [3.8, 4) is 5.88 Å². The Labute approximate surface area is 220 Å². The van der Waals surface area contributed by atoms with E-state index in [0.29, 0.717) is 67.1 Å². The topological polar surface area (TPSA) is 114 Å². The smallest absolute Gasteiger partial charge is 0.255 e. The van der Waals surface area contributed by atoms with Crippen molar-refractivity contribution >= 4 is 22.8 Å². The van der Waals surface area contributed by atoms with E-state index in [1.165, 1.54) is 0 Å². The second-order valence-corrected chi connectivity index (χ2v) is 11.2. The molecule has 0 radical (unpaired) electrons. The summed E-state index contributed by atoms with van der Waals surface area (Å²) in [4.78, 5) is 35.1. The molecule has 4 fully saturated rings. The first kappa shape index (κ1) is 23.6. The average Bonchev–Trinajstić information content (AvgIpc) is 3.36. The average molecular weight is 517 g/mol. The molecule has 10 nitrogen and oxygen atoms in total. The van der Waals surface area contributed by atoms with Crippen LogP contribution in [-0.2, 0) is 4.74 Å². The lowest BCUT2D eigenvalue weighted by atomic mass is 10.0. The summed E-state index contributed by atoms with van der Waals surface area (Å²) in [6, 6.07) is 7.45. The van der Waals surface area contributed by atoms with Gasteiger partial charge in [-0.05, 0) is 61.8 Å². The zero-order valence-electron chi connectivity index (χ0n) is 21.3. The van der Waals surface area contributed by atoms with E-state index in [2.05, 4.69) is 20.4 Å². The summed E-state index contributed by atoms with van der Waals surface area (Å²) in [5.74, 6) is 2.24. The molecular formula is C28H32N6O4. The van der Waals surface area contributed by atoms with Gasteiger partial charge in [-0.3, -0.25) is 14.7 Å². The maximum Gasteiger partial charge on any atom is 0.255 e. The minimum Gasteiger partial charge on any atom is -0.477 e. The van der Waals surface area contributed by atoms with Crippen LogP contribution in [-0.4, -0.2) is 88.0 Å². The first-order chi connectivity index (χ1) is 18.6. The minimum absolute atomic E-state index is 0.0109. The third kappa shape index (κ3) is 4.51. The molecule has 1 aliphatic carbocycles. The molecule has 4 aliphatic rings. The van der Waals surface area contributed by atoms with Crippen molar-refractivity contribution in [2.24, 2.45) is 17.8 Å². The molecule has 7 rings (SSSR count). The number of likely N-dealkylation sites (tertiary alicyclic amines) is 2. The minimum atomic E-state index is 0.0109. The van der Waals surface area contributed by atoms with E-state index in [0.717, 1.165) is 50.0 Å². The number of carbonyl (C=O) groups excluding carboxylic acids is 2. The Morgan fingerprint density at radius 3 is 2.37 bits per heavy atom. The third-order valence-electron chi connectivity index (χ3n) is 8.57. The lowest BCUT2D eigenvalue weighted by Crippen LogP contribution is -2.35. The zero-order chi connectivity index (χ0) is 25.6. The molecule has 2 amide bonds. The van der Waals surface area contributed by atoms with Gasteiger partial charge in [0.1, 0.15) is 5.52 Å². The predicted octanol–water partition coefficient (Wildman–Crippen LogP) is 2.88. The van der Waals surface area contributed by atoms with Crippen LogP contribution in [0.25, 0.3) is 11.0 Å². The molecule has 2 atom stereocenters. The van der Waals surface area contributed by atoms with Gasteiger partial charge in [0.25, 0.3) is 11.8 Å². The van der Waals surface area contributed by atoms with E-state index in [1.54, 1.807) is 12.3 Å². The number of hydrogen-bond donors (Lipinski definition) is 1. The van der Waals surface area contributed by atoms with Gasteiger partial charge < -0.3 is 19.3 Å². The van der Waals surface area contributed by atoms with Crippen LogP contribution >= 0.6 is 0 Å². The fraction of sp³-hybridized carbons (Fsp3) is 0.536. The summed E-state index contributed by atoms with van der Waals surface area (Å²) >= 11 is 0. The Kier molecular flexibility index (Phi) is 5.99. The van der Waals surface area contributed by atoms with Gasteiger partial charge in [-0.15, -0.1) is 5.10 Å². The molecule has 0 spiro atoms. The summed E-state index contributed by atoms with van der Waals surface area (Å²) in [5, 5.41) is 10.6. The molecule has 1 saturated carbocycles. The Balaban J connectivity index is 0.989. The van der Waals surface area contributed by atoms with E-state index in [9.17, 15) is 9.59 Å². The highest BCUT2D eigenvalue weighted by atomic mass is 16.5. The molecule has 1 aromatic carbocycles. The number of nitrogens with zero attached hydrogens (tertiary/aromatic N) is 5. The molecule has 1 N–H and O–H groups in total. The molecular weight excluding hydrogens is 484 g/mol. The normalized spacial score (nSPS) is 23.7. The molecule has 3 aromatic rings. The predicted molar refractivity (Wildman–Crippen MR) is 138 cm³/mol. The lowest BCUT2D eigenvalue weighted by molar-refractivity contribution is 0.0488. The van der Waals surface area contributed by atoms with Crippen molar-refractivity contribution in [2.75, 3.05) is 46.0 Å². The standard InChI is InChI=1S/C28H32N6O4/c35-27(19-3-4-24-25(10-19)31-32-30-24)33-12-21-14-34(15-22(21)13-33)28(36)20-9-23(18-1-2-18)26(29-11-20)38-16-17-5-7-37-8-6-17/h3-4,9-11,17-18,21-22H,1-2,5-8,12-16H2,(H,30,31,32)/t21-,22-/m1/s1. The van der Waals surface area contributed by atoms with Gasteiger partial charge in [-0.1, -0.05) is 5.21 Å². The van der Waals surface area contributed by atoms with Gasteiger partial charge in [0.05, 0.1) is 17.7 Å². The number of hydrogen-bond acceptors (Lipinski definition) is 7. The molecule has 0 unspecified atom stereocenters. The van der Waals surface area contributed by atoms with Crippen LogP contribution in [0.1, 0.15) is 57.9 Å². The maximum absolute atomic E-state index is 13.5. The summed E-state index contributed by atoms with van der Waals surface area (Å²) in [7, 11) is 0. The van der Waals surface area contributed by atoms with Crippen molar-refractivity contribution in [1.29, 1.82) is 0 Å². The van der Waals surface area contributed by atoms with Crippen molar-refractivity contribution < 1.29 is 19.1 Å². The van der Waals surface area contributed by atoms with Crippen LogP contribution < -0.4 is 4.74 Å². The zero-order valence-corrected chi connectivity index (χ0v) is 21.3. The second kappa shape index (κ2) is 9.65. The van der Waals surface area contributed by atoms with Gasteiger partial charge in [0.15, 0.2) is 0 Å². The van der Waals surface area contributed by atoms with Crippen LogP contribution in [0.15, 0.2) is 30.5 Å². The van der Waals surface area contributed by atoms with Gasteiger partial charge in [0, 0.05) is 68.6 Å². The number of fused-ring (bicyclic) bond motifs is 2. The summed E-state index contributed by atoms with van der Waals surface area (Å²) in [6.07, 6.45) is 5.96. The number of nitrogens with one attached hydrogen (secondary N) is 1. The van der Waals surface area contributed by atoms with E-state index in [-0.39, 0.29) is 23.7 Å². The number of pyridine rings is 1. The van der Waals surface area contributed by atoms with E-state index in [4.69, 9.17) is 9.47 Å². The maximum atomic E-state index is 13.5. The first-order valence-electron chi connectivity index (χ1n) is 13.7. The number of amides is 2. The van der Waals surface area contributed by atoms with Crippen LogP contribution in [0.3, 0.4) is 0 Å². The fourth-order valence-corrected chi connectivity index (χ4v) is 6.17. The van der Waals surface area contributed by atoms with Gasteiger partial charge in [0.2, 0.25) is 5.88 Å². The Morgan fingerprint density at radius 1 is 0.947 bits per heavy atom. The highest BCUT2D eigenvalue weighted by Crippen LogP contribution is 2.44. The highest BCUT2D eigenvalue weighted by Gasteiger charge is 2.43. The van der Waals surface area contributed by atoms with Gasteiger partial charge in [-0.25, -0.2) is 4.98 Å². The lowest BCUT2D eigenvalue weighted by Gasteiger charge is -2.23. The number of aromatic amines is 1. The molecule has 3 saturated heterocycles. The molecule has 10 heteroatoms. The van der Waals surface area contributed by atoms with Crippen molar-refractivity contribution in [1.82, 2.24) is 30.2 Å². The molecule has 0 bridgehead atoms. The number of ether oxygens (including phenoxy) is 2. The first-order valence-corrected chi connectivity index (χ1v) is 13.7. The van der Waals surface area contributed by atoms with Crippen molar-refractivity contribution in [2.45, 2.75) is 31.6 Å². The molecule has 5 heterocycles. The van der Waals surface area contributed by atoms with Gasteiger partial charge in [-0.2, -0.15) is 0 Å². The molecule has 38 heavy (non-hydrogen) atoms. The summed E-state index contributed by atoms with van der Waals surface area (Å²) in [5.41, 5.74) is 3.83. The molecule has 3 aliphatic heterocycles. The number of benzene rings is 1. The Bertz CT molecular complexity index is 1350. The van der Waals surface area contributed by atoms with Crippen LogP contribution in [0.4, 0.5) is 0 Å². The number of aromatic nitrogens is 4. The summed E-state index contributed by atoms with van der Waals surface area (Å²) in [6.45, 7) is 4.90. The van der Waals surface area contributed by atoms with Crippen LogP contribution in [0, 0.1) is 17.8 Å². The SMILES string of the molecule is O=C(c1cnc(OCC2CCOCC2)c(C2CC2)c1)N1C[C@H]2CN(C(=O)c3ccc4[nH]nnc4c3)C[C@@H]2C1. The van der Waals surface area contributed by atoms with Crippen molar-refractivity contribution in [3.05, 3.63) is 47.2 Å². The van der Waals surface area contributed by atoms with Crippen molar-refractivity contribution in [3.63, 3.8) is 0 Å². The molecule has 198 valence electrons. The van der Waals surface area contributed by atoms with E-state index in [1.807, 2.05) is 28.0 Å². The third-order valence-corrected chi connectivity index (χ3v) is 8.57. The number of carbonyl (C=O) groups is 2. The fourth-order valence-electron chi connectivity index (χ4n) is 6.17. The Hall–Kier alpha value is -3.53. The quantitative estimate of drug-likeness (QED) is 0.536. The van der Waals surface area contributed by atoms with Crippen LogP contribution in [0.2, 0.25) is 0 Å². The van der Waals surface area contributed by atoms with Crippen LogP contribution in [0.5, 0.6) is 5.88 Å². The largest absolute Gasteiger partial charge is 0.477 e.